The highest BCUT2D eigenvalue weighted by atomic mass is 32.1. The first kappa shape index (κ1) is 20.4. The number of fused-ring (bicyclic) bond motifs is 2. The molecule has 4 rings (SSSR count). The lowest BCUT2D eigenvalue weighted by Crippen LogP contribution is -2.34. The largest absolute Gasteiger partial charge is 0.494 e. The van der Waals surface area contributed by atoms with Crippen molar-refractivity contribution in [3.05, 3.63) is 37.9 Å². The van der Waals surface area contributed by atoms with Gasteiger partial charge in [-0.25, -0.2) is 0 Å². The number of ether oxygens (including phenoxy) is 3. The fourth-order valence-electron chi connectivity index (χ4n) is 3.98. The van der Waals surface area contributed by atoms with Gasteiger partial charge in [-0.1, -0.05) is 0 Å². The molecule has 9 nitrogen and oxygen atoms in total. The first-order valence-corrected chi connectivity index (χ1v) is 10.1. The number of nitrogens with one attached hydrogen (secondary N) is 1. The van der Waals surface area contributed by atoms with Gasteiger partial charge in [-0.2, -0.15) is 0 Å². The van der Waals surface area contributed by atoms with Gasteiger partial charge in [0.05, 0.1) is 19.7 Å². The van der Waals surface area contributed by atoms with Crippen LogP contribution in [0, 0.1) is 4.77 Å². The van der Waals surface area contributed by atoms with Crippen molar-refractivity contribution in [1.82, 2.24) is 14.5 Å². The van der Waals surface area contributed by atoms with Crippen LogP contribution in [0.15, 0.2) is 15.9 Å². The Morgan fingerprint density at radius 2 is 2.27 bits per heavy atom. The molecule has 160 valence electrons. The van der Waals surface area contributed by atoms with Crippen molar-refractivity contribution < 1.29 is 19.3 Å². The number of likely N-dealkylation sites (N-methyl/N-ethyl adjacent to an activating group) is 1. The average Bonchev–Trinajstić information content (AvgIpc) is 3.18. The molecule has 1 aromatic heterocycles. The highest BCUT2D eigenvalue weighted by Gasteiger charge is 2.33. The number of benzene rings is 1. The summed E-state index contributed by atoms with van der Waals surface area (Å²) in [6.45, 7) is 3.67. The molecule has 0 radical (unpaired) electrons. The molecular formula is C20H24N4O5S. The Kier molecular flexibility index (Phi) is 5.52. The zero-order valence-corrected chi connectivity index (χ0v) is 17.9. The lowest BCUT2D eigenvalue weighted by Gasteiger charge is -2.35. The van der Waals surface area contributed by atoms with E-state index in [0.717, 1.165) is 24.1 Å². The first-order valence-electron chi connectivity index (χ1n) is 9.71. The number of H-pyrrole nitrogens is 1. The van der Waals surface area contributed by atoms with Crippen LogP contribution in [0.5, 0.6) is 23.1 Å². The van der Waals surface area contributed by atoms with Crippen LogP contribution in [0.4, 0.5) is 0 Å². The summed E-state index contributed by atoms with van der Waals surface area (Å²) in [5.41, 5.74) is 1.76. The number of aliphatic imine (C=N–C) groups is 1. The Hall–Kier alpha value is -2.85. The molecule has 0 spiro atoms. The molecule has 2 aliphatic rings. The van der Waals surface area contributed by atoms with E-state index in [1.54, 1.807) is 7.11 Å². The number of nitrogens with zero attached hydrogens (tertiary/aromatic N) is 3. The number of methoxy groups -OCH3 is 1. The summed E-state index contributed by atoms with van der Waals surface area (Å²) < 4.78 is 18.5. The molecule has 10 heteroatoms. The Morgan fingerprint density at radius 1 is 1.47 bits per heavy atom. The third-order valence-electron chi connectivity index (χ3n) is 5.57. The normalized spacial score (nSPS) is 18.0. The van der Waals surface area contributed by atoms with Crippen LogP contribution in [0.25, 0.3) is 0 Å². The SMILES string of the molecule is CCn1c(O)c(C=NCC2c3c(cc4c(c3OC)OCO4)CCN2C)c(=O)[nH]c1=S. The van der Waals surface area contributed by atoms with Crippen LogP contribution in [0.1, 0.15) is 29.7 Å². The zero-order chi connectivity index (χ0) is 21.4. The predicted octanol–water partition coefficient (Wildman–Crippen LogP) is 2.02. The Balaban J connectivity index is 1.69. The van der Waals surface area contributed by atoms with Crippen molar-refractivity contribution in [2.24, 2.45) is 4.99 Å². The number of aromatic hydroxyl groups is 1. The summed E-state index contributed by atoms with van der Waals surface area (Å²) in [6, 6.07) is 1.93. The molecular weight excluding hydrogens is 408 g/mol. The Morgan fingerprint density at radius 3 is 3.00 bits per heavy atom. The fraction of sp³-hybridized carbons (Fsp3) is 0.450. The van der Waals surface area contributed by atoms with Gasteiger partial charge in [-0.3, -0.25) is 24.2 Å². The standard InChI is InChI=1S/C20H24N4O5S/c1-4-24-19(26)12(18(25)22-20(24)30)8-21-9-13-15-11(5-6-23(13)2)7-14-16(17(15)27-3)29-10-28-14/h7-8,13,26H,4-6,9-10H2,1-3H3,(H,22,25,30). The molecule has 0 aliphatic carbocycles. The van der Waals surface area contributed by atoms with Crippen LogP contribution >= 0.6 is 12.2 Å². The van der Waals surface area contributed by atoms with Crippen LogP contribution in [-0.4, -0.2) is 59.8 Å². The van der Waals surface area contributed by atoms with Crippen molar-refractivity contribution in [1.29, 1.82) is 0 Å². The van der Waals surface area contributed by atoms with Crippen LogP contribution in [0.3, 0.4) is 0 Å². The minimum Gasteiger partial charge on any atom is -0.494 e. The molecule has 2 N–H and O–H groups in total. The topological polar surface area (TPSA) is 101 Å². The molecule has 3 heterocycles. The summed E-state index contributed by atoms with van der Waals surface area (Å²) >= 11 is 5.09. The van der Waals surface area contributed by atoms with Gasteiger partial charge in [0.2, 0.25) is 18.4 Å². The second kappa shape index (κ2) is 8.11. The summed E-state index contributed by atoms with van der Waals surface area (Å²) in [4.78, 5) is 21.5. The van der Waals surface area contributed by atoms with Gasteiger partial charge in [0, 0.05) is 24.9 Å². The summed E-state index contributed by atoms with van der Waals surface area (Å²) in [7, 11) is 3.64. The Bertz CT molecular complexity index is 1120. The molecule has 2 aromatic rings. The van der Waals surface area contributed by atoms with Gasteiger partial charge in [-0.15, -0.1) is 0 Å². The lowest BCUT2D eigenvalue weighted by atomic mass is 9.91. The second-order valence-electron chi connectivity index (χ2n) is 7.20. The van der Waals surface area contributed by atoms with E-state index in [1.807, 2.05) is 20.0 Å². The van der Waals surface area contributed by atoms with Gasteiger partial charge < -0.3 is 19.3 Å². The van der Waals surface area contributed by atoms with E-state index in [4.69, 9.17) is 26.4 Å². The van der Waals surface area contributed by atoms with E-state index in [1.165, 1.54) is 10.8 Å². The zero-order valence-electron chi connectivity index (χ0n) is 17.1. The van der Waals surface area contributed by atoms with Gasteiger partial charge in [0.25, 0.3) is 5.56 Å². The molecule has 30 heavy (non-hydrogen) atoms. The van der Waals surface area contributed by atoms with Gasteiger partial charge in [0.1, 0.15) is 5.56 Å². The number of rotatable bonds is 5. The van der Waals surface area contributed by atoms with E-state index in [0.29, 0.717) is 30.3 Å². The number of aromatic nitrogens is 2. The van der Waals surface area contributed by atoms with Crippen LogP contribution < -0.4 is 19.8 Å². The number of aromatic amines is 1. The Labute approximate surface area is 178 Å². The van der Waals surface area contributed by atoms with E-state index in [-0.39, 0.29) is 29.0 Å². The van der Waals surface area contributed by atoms with E-state index in [9.17, 15) is 9.90 Å². The smallest absolute Gasteiger partial charge is 0.264 e. The number of hydrogen-bond donors (Lipinski definition) is 2. The molecule has 1 unspecified atom stereocenters. The maximum absolute atomic E-state index is 12.3. The molecule has 0 fully saturated rings. The maximum Gasteiger partial charge on any atom is 0.264 e. The molecule has 1 aromatic carbocycles. The number of hydrogen-bond acceptors (Lipinski definition) is 8. The monoisotopic (exact) mass is 432 g/mol. The highest BCUT2D eigenvalue weighted by molar-refractivity contribution is 7.71. The van der Waals surface area contributed by atoms with Crippen molar-refractivity contribution in [3.63, 3.8) is 0 Å². The van der Waals surface area contributed by atoms with Crippen molar-refractivity contribution >= 4 is 18.4 Å². The molecule has 0 saturated carbocycles. The third kappa shape index (κ3) is 3.35. The van der Waals surface area contributed by atoms with Crippen molar-refractivity contribution in [2.45, 2.75) is 25.9 Å². The third-order valence-corrected chi connectivity index (χ3v) is 5.89. The van der Waals surface area contributed by atoms with E-state index in [2.05, 4.69) is 14.9 Å². The molecule has 0 saturated heterocycles. The van der Waals surface area contributed by atoms with Gasteiger partial charge >= 0.3 is 0 Å². The minimum atomic E-state index is -0.468. The second-order valence-corrected chi connectivity index (χ2v) is 7.58. The van der Waals surface area contributed by atoms with Gasteiger partial charge in [0.15, 0.2) is 16.3 Å². The summed E-state index contributed by atoms with van der Waals surface area (Å²) in [6.07, 6.45) is 2.26. The lowest BCUT2D eigenvalue weighted by molar-refractivity contribution is 0.170. The van der Waals surface area contributed by atoms with Crippen molar-refractivity contribution in [2.75, 3.05) is 34.0 Å². The predicted molar refractivity (Wildman–Crippen MR) is 114 cm³/mol. The highest BCUT2D eigenvalue weighted by Crippen LogP contribution is 2.49. The molecule has 1 atom stereocenters. The van der Waals surface area contributed by atoms with Gasteiger partial charge in [-0.05, 0) is 44.2 Å². The maximum atomic E-state index is 12.3. The van der Waals surface area contributed by atoms with Crippen LogP contribution in [0.2, 0.25) is 0 Å². The summed E-state index contributed by atoms with van der Waals surface area (Å²) in [5, 5.41) is 10.4. The quantitative estimate of drug-likeness (QED) is 0.551. The molecule has 0 amide bonds. The summed E-state index contributed by atoms with van der Waals surface area (Å²) in [5.74, 6) is 1.78. The van der Waals surface area contributed by atoms with E-state index >= 15 is 0 Å². The van der Waals surface area contributed by atoms with Crippen molar-refractivity contribution in [3.8, 4) is 23.1 Å². The minimum absolute atomic E-state index is 0.0767. The average molecular weight is 433 g/mol. The van der Waals surface area contributed by atoms with E-state index < -0.39 is 5.56 Å². The molecule has 0 bridgehead atoms. The van der Waals surface area contributed by atoms with Crippen LogP contribution in [-0.2, 0) is 13.0 Å². The molecule has 2 aliphatic heterocycles. The fourth-order valence-corrected chi connectivity index (χ4v) is 4.29. The first-order chi connectivity index (χ1) is 14.5.